The van der Waals surface area contributed by atoms with Gasteiger partial charge in [-0.1, -0.05) is 0 Å². The number of nitrogens with zero attached hydrogens (tertiary/aromatic N) is 4. The topological polar surface area (TPSA) is 64.5 Å². The van der Waals surface area contributed by atoms with Crippen molar-refractivity contribution >= 4 is 11.6 Å². The van der Waals surface area contributed by atoms with Crippen molar-refractivity contribution in [1.82, 2.24) is 14.9 Å². The molecule has 0 saturated carbocycles. The van der Waals surface area contributed by atoms with Gasteiger partial charge in [-0.05, 0) is 19.9 Å². The molecule has 2 N–H and O–H groups in total. The lowest BCUT2D eigenvalue weighted by molar-refractivity contribution is 0.204. The number of hydrogen-bond acceptors (Lipinski definition) is 6. The highest BCUT2D eigenvalue weighted by Gasteiger charge is 2.15. The Morgan fingerprint density at radius 2 is 2.16 bits per heavy atom. The molecule has 0 atom stereocenters. The second-order valence-corrected chi connectivity index (χ2v) is 4.70. The molecule has 2 heterocycles. The zero-order valence-electron chi connectivity index (χ0n) is 11.5. The van der Waals surface area contributed by atoms with Crippen molar-refractivity contribution in [2.45, 2.75) is 13.3 Å². The average Bonchev–Trinajstić information content (AvgIpc) is 2.66. The maximum Gasteiger partial charge on any atom is 0.134 e. The van der Waals surface area contributed by atoms with E-state index >= 15 is 0 Å². The lowest BCUT2D eigenvalue weighted by Crippen LogP contribution is -2.32. The number of β-amino-alcohol motifs (C(OH)–C–C–N with tert-alkyl or cyclic N) is 1. The Morgan fingerprint density at radius 1 is 1.26 bits per heavy atom. The molecule has 0 unspecified atom stereocenters. The lowest BCUT2D eigenvalue weighted by Gasteiger charge is -2.22. The molecule has 0 radical (unpaired) electrons. The molecule has 1 aromatic rings. The molecule has 19 heavy (non-hydrogen) atoms. The fraction of sp³-hybridized carbons (Fsp3) is 0.692. The molecular formula is C13H23N5O. The normalized spacial score (nSPS) is 17.3. The Kier molecular flexibility index (Phi) is 5.35. The van der Waals surface area contributed by atoms with E-state index in [1.807, 2.05) is 6.07 Å². The van der Waals surface area contributed by atoms with Gasteiger partial charge in [-0.15, -0.1) is 0 Å². The fourth-order valence-electron chi connectivity index (χ4n) is 2.36. The highest BCUT2D eigenvalue weighted by atomic mass is 16.3. The van der Waals surface area contributed by atoms with Gasteiger partial charge in [-0.25, -0.2) is 9.97 Å². The van der Waals surface area contributed by atoms with E-state index in [4.69, 9.17) is 5.11 Å². The summed E-state index contributed by atoms with van der Waals surface area (Å²) in [6.07, 6.45) is 2.71. The summed E-state index contributed by atoms with van der Waals surface area (Å²) in [5.74, 6) is 1.86. The van der Waals surface area contributed by atoms with Crippen LogP contribution >= 0.6 is 0 Å². The second kappa shape index (κ2) is 7.25. The van der Waals surface area contributed by atoms with Crippen LogP contribution in [0.15, 0.2) is 12.4 Å². The lowest BCUT2D eigenvalue weighted by atomic mass is 10.3. The Bertz CT molecular complexity index is 387. The smallest absolute Gasteiger partial charge is 0.134 e. The van der Waals surface area contributed by atoms with Crippen LogP contribution in [0.5, 0.6) is 0 Å². The first-order valence-electron chi connectivity index (χ1n) is 6.97. The summed E-state index contributed by atoms with van der Waals surface area (Å²) in [4.78, 5) is 13.2. The van der Waals surface area contributed by atoms with Gasteiger partial charge in [0.15, 0.2) is 0 Å². The van der Waals surface area contributed by atoms with Crippen molar-refractivity contribution in [2.75, 3.05) is 56.1 Å². The van der Waals surface area contributed by atoms with E-state index in [2.05, 4.69) is 32.0 Å². The predicted octanol–water partition coefficient (Wildman–Crippen LogP) is 0.413. The second-order valence-electron chi connectivity index (χ2n) is 4.70. The van der Waals surface area contributed by atoms with Crippen molar-refractivity contribution in [2.24, 2.45) is 0 Å². The Balaban J connectivity index is 1.99. The fourth-order valence-corrected chi connectivity index (χ4v) is 2.36. The third-order valence-electron chi connectivity index (χ3n) is 3.34. The molecule has 1 aromatic heterocycles. The molecule has 0 aliphatic carbocycles. The van der Waals surface area contributed by atoms with E-state index in [1.165, 1.54) is 0 Å². The molecule has 0 aromatic carbocycles. The molecule has 6 nitrogen and oxygen atoms in total. The van der Waals surface area contributed by atoms with E-state index in [0.29, 0.717) is 0 Å². The standard InChI is InChI=1S/C13H23N5O/c1-2-14-12-10-13(16-11-15-12)18-5-3-4-17(6-7-18)8-9-19/h10-11,19H,2-9H2,1H3,(H,14,15,16). The van der Waals surface area contributed by atoms with E-state index in [-0.39, 0.29) is 6.61 Å². The Hall–Kier alpha value is -1.40. The van der Waals surface area contributed by atoms with Crippen LogP contribution in [-0.2, 0) is 0 Å². The van der Waals surface area contributed by atoms with Gasteiger partial charge < -0.3 is 15.3 Å². The number of aliphatic hydroxyl groups is 1. The predicted molar refractivity (Wildman–Crippen MR) is 76.6 cm³/mol. The maximum atomic E-state index is 9.00. The highest BCUT2D eigenvalue weighted by molar-refractivity contribution is 5.48. The van der Waals surface area contributed by atoms with Gasteiger partial charge in [0.2, 0.25) is 0 Å². The molecule has 106 valence electrons. The molecule has 1 fully saturated rings. The van der Waals surface area contributed by atoms with Crippen LogP contribution in [0.25, 0.3) is 0 Å². The Morgan fingerprint density at radius 3 is 2.95 bits per heavy atom. The summed E-state index contributed by atoms with van der Waals surface area (Å²) >= 11 is 0. The van der Waals surface area contributed by atoms with E-state index < -0.39 is 0 Å². The van der Waals surface area contributed by atoms with Gasteiger partial charge in [0, 0.05) is 38.8 Å². The third-order valence-corrected chi connectivity index (χ3v) is 3.34. The third kappa shape index (κ3) is 4.04. The SMILES string of the molecule is CCNc1cc(N2CCCN(CCO)CC2)ncn1. The van der Waals surface area contributed by atoms with Gasteiger partial charge in [-0.3, -0.25) is 4.90 Å². The molecule has 0 bridgehead atoms. The molecular weight excluding hydrogens is 242 g/mol. The highest BCUT2D eigenvalue weighted by Crippen LogP contribution is 2.16. The summed E-state index contributed by atoms with van der Waals surface area (Å²) in [5, 5.41) is 12.2. The first kappa shape index (κ1) is 14.0. The quantitative estimate of drug-likeness (QED) is 0.804. The minimum Gasteiger partial charge on any atom is -0.395 e. The summed E-state index contributed by atoms with van der Waals surface area (Å²) in [5.41, 5.74) is 0. The largest absolute Gasteiger partial charge is 0.395 e. The number of nitrogens with one attached hydrogen (secondary N) is 1. The van der Waals surface area contributed by atoms with Crippen molar-refractivity contribution < 1.29 is 5.11 Å². The van der Waals surface area contributed by atoms with Gasteiger partial charge in [0.05, 0.1) is 6.61 Å². The maximum absolute atomic E-state index is 9.00. The number of aliphatic hydroxyl groups excluding tert-OH is 1. The van der Waals surface area contributed by atoms with Gasteiger partial charge in [-0.2, -0.15) is 0 Å². The van der Waals surface area contributed by atoms with Crippen LogP contribution in [0.4, 0.5) is 11.6 Å². The van der Waals surface area contributed by atoms with E-state index in [9.17, 15) is 0 Å². The van der Waals surface area contributed by atoms with Crippen LogP contribution in [0.2, 0.25) is 0 Å². The van der Waals surface area contributed by atoms with Crippen molar-refractivity contribution in [3.8, 4) is 0 Å². The monoisotopic (exact) mass is 265 g/mol. The van der Waals surface area contributed by atoms with E-state index in [0.717, 1.165) is 57.3 Å². The van der Waals surface area contributed by atoms with Crippen LogP contribution in [0, 0.1) is 0 Å². The summed E-state index contributed by atoms with van der Waals surface area (Å²) in [6.45, 7) is 7.88. The van der Waals surface area contributed by atoms with Crippen LogP contribution < -0.4 is 10.2 Å². The summed E-state index contributed by atoms with van der Waals surface area (Å²) in [6, 6.07) is 2.01. The summed E-state index contributed by atoms with van der Waals surface area (Å²) < 4.78 is 0. The Labute approximate surface area is 114 Å². The van der Waals surface area contributed by atoms with Gasteiger partial charge in [0.1, 0.15) is 18.0 Å². The van der Waals surface area contributed by atoms with Crippen LogP contribution in [0.1, 0.15) is 13.3 Å². The molecule has 0 amide bonds. The average molecular weight is 265 g/mol. The summed E-state index contributed by atoms with van der Waals surface area (Å²) in [7, 11) is 0. The molecule has 1 aliphatic heterocycles. The number of rotatable bonds is 5. The number of anilines is 2. The van der Waals surface area contributed by atoms with Crippen LogP contribution in [-0.4, -0.2) is 65.8 Å². The molecule has 1 aliphatic rings. The first-order valence-corrected chi connectivity index (χ1v) is 6.97. The minimum atomic E-state index is 0.234. The molecule has 2 rings (SSSR count). The van der Waals surface area contributed by atoms with Crippen molar-refractivity contribution in [3.63, 3.8) is 0 Å². The zero-order valence-corrected chi connectivity index (χ0v) is 11.5. The zero-order chi connectivity index (χ0) is 13.5. The minimum absolute atomic E-state index is 0.234. The molecule has 0 spiro atoms. The van der Waals surface area contributed by atoms with Crippen LogP contribution in [0.3, 0.4) is 0 Å². The van der Waals surface area contributed by atoms with Crippen molar-refractivity contribution in [3.05, 3.63) is 12.4 Å². The van der Waals surface area contributed by atoms with Gasteiger partial charge >= 0.3 is 0 Å². The number of hydrogen-bond donors (Lipinski definition) is 2. The van der Waals surface area contributed by atoms with Gasteiger partial charge in [0.25, 0.3) is 0 Å². The molecule has 6 heteroatoms. The molecule has 1 saturated heterocycles. The first-order chi connectivity index (χ1) is 9.33. The number of aromatic nitrogens is 2. The van der Waals surface area contributed by atoms with E-state index in [1.54, 1.807) is 6.33 Å². The van der Waals surface area contributed by atoms with Crippen molar-refractivity contribution in [1.29, 1.82) is 0 Å².